The average Bonchev–Trinajstić information content (AvgIpc) is 3.41. The lowest BCUT2D eigenvalue weighted by Crippen LogP contribution is -2.42. The van der Waals surface area contributed by atoms with Gasteiger partial charge in [0.2, 0.25) is 0 Å². The highest BCUT2D eigenvalue weighted by Crippen LogP contribution is 2.24. The van der Waals surface area contributed by atoms with Crippen LogP contribution in [0.5, 0.6) is 11.5 Å². The molecule has 0 aliphatic heterocycles. The molecule has 8 heteroatoms. The number of aromatic nitrogens is 2. The third kappa shape index (κ3) is 7.10. The van der Waals surface area contributed by atoms with E-state index in [9.17, 15) is 14.7 Å². The predicted octanol–water partition coefficient (Wildman–Crippen LogP) is 5.79. The number of carbonyl (C=O) groups excluding carboxylic acids is 1. The molecule has 0 bridgehead atoms. The number of hydrogen-bond donors (Lipinski definition) is 2. The fourth-order valence-corrected chi connectivity index (χ4v) is 4.40. The van der Waals surface area contributed by atoms with Gasteiger partial charge in [0.15, 0.2) is 0 Å². The first-order valence-corrected chi connectivity index (χ1v) is 13.4. The summed E-state index contributed by atoms with van der Waals surface area (Å²) in [5.74, 6) is -0.205. The minimum absolute atomic E-state index is 0.0961. The van der Waals surface area contributed by atoms with Crippen LogP contribution in [0.2, 0.25) is 0 Å². The van der Waals surface area contributed by atoms with Crippen molar-refractivity contribution in [2.45, 2.75) is 39.0 Å². The van der Waals surface area contributed by atoms with Crippen molar-refractivity contribution in [3.63, 3.8) is 0 Å². The fourth-order valence-electron chi connectivity index (χ4n) is 4.40. The molecule has 5 aromatic rings. The van der Waals surface area contributed by atoms with Gasteiger partial charge in [0.25, 0.3) is 5.91 Å². The zero-order valence-corrected chi connectivity index (χ0v) is 22.9. The SMILES string of the molecule is CC(C)Oc1ccc(-c2ccc3nc(C(=O)N[C@@H](Cc4ccc(OCc5ccccc5)cc4)C(=O)O)cn3c2)cc1. The van der Waals surface area contributed by atoms with Crippen molar-refractivity contribution < 1.29 is 24.2 Å². The number of amides is 1. The number of rotatable bonds is 11. The molecule has 2 N–H and O–H groups in total. The molecule has 0 aliphatic rings. The van der Waals surface area contributed by atoms with Gasteiger partial charge < -0.3 is 24.3 Å². The zero-order valence-electron chi connectivity index (χ0n) is 22.9. The largest absolute Gasteiger partial charge is 0.491 e. The van der Waals surface area contributed by atoms with Gasteiger partial charge >= 0.3 is 5.97 Å². The Balaban J connectivity index is 1.23. The van der Waals surface area contributed by atoms with Crippen LogP contribution >= 0.6 is 0 Å². The number of benzene rings is 3. The summed E-state index contributed by atoms with van der Waals surface area (Å²) >= 11 is 0. The monoisotopic (exact) mass is 549 g/mol. The minimum atomic E-state index is -1.13. The van der Waals surface area contributed by atoms with E-state index in [1.807, 2.05) is 86.8 Å². The summed E-state index contributed by atoms with van der Waals surface area (Å²) in [5, 5.41) is 12.4. The number of carboxylic acids is 1. The van der Waals surface area contributed by atoms with E-state index in [0.29, 0.717) is 18.0 Å². The fraction of sp³-hybridized carbons (Fsp3) is 0.182. The molecule has 3 aromatic carbocycles. The predicted molar refractivity (Wildman–Crippen MR) is 156 cm³/mol. The van der Waals surface area contributed by atoms with Gasteiger partial charge in [-0.05, 0) is 72.5 Å². The standard InChI is InChI=1S/C33H31N3O5/c1-22(2)41-28-15-10-25(11-16-28)26-12-17-31-34-30(20-36(31)19-26)32(37)35-29(33(38)39)18-23-8-13-27(14-9-23)40-21-24-6-4-3-5-7-24/h3-17,19-20,22,29H,18,21H2,1-2H3,(H,35,37)(H,38,39)/t29-/m0/s1. The van der Waals surface area contributed by atoms with Crippen molar-refractivity contribution in [2.24, 2.45) is 0 Å². The summed E-state index contributed by atoms with van der Waals surface area (Å²) in [6.07, 6.45) is 3.70. The van der Waals surface area contributed by atoms with Crippen molar-refractivity contribution in [1.82, 2.24) is 14.7 Å². The quantitative estimate of drug-likeness (QED) is 0.216. The maximum absolute atomic E-state index is 13.0. The van der Waals surface area contributed by atoms with E-state index in [1.54, 1.807) is 34.9 Å². The maximum atomic E-state index is 13.0. The molecule has 2 aromatic heterocycles. The summed E-state index contributed by atoms with van der Waals surface area (Å²) < 4.78 is 13.3. The van der Waals surface area contributed by atoms with Gasteiger partial charge in [-0.15, -0.1) is 0 Å². The summed E-state index contributed by atoms with van der Waals surface area (Å²) in [4.78, 5) is 29.4. The molecule has 41 heavy (non-hydrogen) atoms. The zero-order chi connectivity index (χ0) is 28.8. The third-order valence-corrected chi connectivity index (χ3v) is 6.46. The highest BCUT2D eigenvalue weighted by molar-refractivity contribution is 5.95. The summed E-state index contributed by atoms with van der Waals surface area (Å²) in [5.41, 5.74) is 4.46. The number of nitrogens with one attached hydrogen (secondary N) is 1. The van der Waals surface area contributed by atoms with Crippen molar-refractivity contribution in [2.75, 3.05) is 0 Å². The maximum Gasteiger partial charge on any atom is 0.326 e. The van der Waals surface area contributed by atoms with Gasteiger partial charge in [-0.25, -0.2) is 9.78 Å². The molecule has 0 saturated heterocycles. The number of ether oxygens (including phenoxy) is 2. The number of carboxylic acid groups (broad SMARTS) is 1. The first-order valence-electron chi connectivity index (χ1n) is 13.4. The van der Waals surface area contributed by atoms with Crippen LogP contribution in [0.25, 0.3) is 16.8 Å². The Labute approximate surface area is 238 Å². The number of aliphatic carboxylic acids is 1. The van der Waals surface area contributed by atoms with Crippen LogP contribution in [0.3, 0.4) is 0 Å². The molecule has 1 atom stereocenters. The number of fused-ring (bicyclic) bond motifs is 1. The Morgan fingerprint density at radius 1 is 0.829 bits per heavy atom. The van der Waals surface area contributed by atoms with Crippen molar-refractivity contribution in [3.8, 4) is 22.6 Å². The van der Waals surface area contributed by atoms with Gasteiger partial charge in [-0.3, -0.25) is 4.79 Å². The number of carbonyl (C=O) groups is 2. The van der Waals surface area contributed by atoms with E-state index >= 15 is 0 Å². The number of hydrogen-bond acceptors (Lipinski definition) is 5. The Hall–Kier alpha value is -5.11. The lowest BCUT2D eigenvalue weighted by Gasteiger charge is -2.14. The molecule has 8 nitrogen and oxygen atoms in total. The molecular weight excluding hydrogens is 518 g/mol. The second kappa shape index (κ2) is 12.4. The van der Waals surface area contributed by atoms with Gasteiger partial charge in [0, 0.05) is 18.8 Å². The van der Waals surface area contributed by atoms with E-state index in [1.165, 1.54) is 0 Å². The highest BCUT2D eigenvalue weighted by Gasteiger charge is 2.23. The molecular formula is C33H31N3O5. The highest BCUT2D eigenvalue weighted by atomic mass is 16.5. The lowest BCUT2D eigenvalue weighted by molar-refractivity contribution is -0.139. The molecule has 0 unspecified atom stereocenters. The second-order valence-electron chi connectivity index (χ2n) is 9.99. The van der Waals surface area contributed by atoms with Crippen molar-refractivity contribution in [1.29, 1.82) is 0 Å². The smallest absolute Gasteiger partial charge is 0.326 e. The van der Waals surface area contributed by atoms with Crippen LogP contribution in [-0.2, 0) is 17.8 Å². The first kappa shape index (κ1) is 27.5. The molecule has 2 heterocycles. The van der Waals surface area contributed by atoms with Crippen LogP contribution < -0.4 is 14.8 Å². The Bertz CT molecular complexity index is 1630. The van der Waals surface area contributed by atoms with Crippen LogP contribution in [0.1, 0.15) is 35.5 Å². The molecule has 0 radical (unpaired) electrons. The molecule has 5 rings (SSSR count). The Kier molecular flexibility index (Phi) is 8.29. The normalized spacial score (nSPS) is 11.8. The van der Waals surface area contributed by atoms with E-state index in [2.05, 4.69) is 10.3 Å². The molecule has 0 spiro atoms. The Morgan fingerprint density at radius 3 is 2.20 bits per heavy atom. The summed E-state index contributed by atoms with van der Waals surface area (Å²) in [6, 6.07) is 27.4. The van der Waals surface area contributed by atoms with Crippen LogP contribution in [0.4, 0.5) is 0 Å². The first-order chi connectivity index (χ1) is 19.8. The topological polar surface area (TPSA) is 102 Å². The molecule has 208 valence electrons. The summed E-state index contributed by atoms with van der Waals surface area (Å²) in [6.45, 7) is 4.40. The van der Waals surface area contributed by atoms with Gasteiger partial charge in [-0.2, -0.15) is 0 Å². The molecule has 0 fully saturated rings. The Morgan fingerprint density at radius 2 is 1.51 bits per heavy atom. The van der Waals surface area contributed by atoms with Gasteiger partial charge in [0.1, 0.15) is 35.5 Å². The molecule has 0 aliphatic carbocycles. The van der Waals surface area contributed by atoms with E-state index in [4.69, 9.17) is 9.47 Å². The van der Waals surface area contributed by atoms with E-state index < -0.39 is 17.9 Å². The van der Waals surface area contributed by atoms with E-state index in [-0.39, 0.29) is 18.2 Å². The van der Waals surface area contributed by atoms with Crippen LogP contribution in [-0.4, -0.2) is 38.5 Å². The van der Waals surface area contributed by atoms with Crippen molar-refractivity contribution in [3.05, 3.63) is 120 Å². The minimum Gasteiger partial charge on any atom is -0.491 e. The molecule has 0 saturated carbocycles. The second-order valence-corrected chi connectivity index (χ2v) is 9.99. The summed E-state index contributed by atoms with van der Waals surface area (Å²) in [7, 11) is 0. The third-order valence-electron chi connectivity index (χ3n) is 6.46. The van der Waals surface area contributed by atoms with Gasteiger partial charge in [-0.1, -0.05) is 54.6 Å². The lowest BCUT2D eigenvalue weighted by atomic mass is 10.1. The van der Waals surface area contributed by atoms with Crippen LogP contribution in [0.15, 0.2) is 103 Å². The van der Waals surface area contributed by atoms with Crippen molar-refractivity contribution >= 4 is 17.5 Å². The molecule has 1 amide bonds. The number of nitrogens with zero attached hydrogens (tertiary/aromatic N) is 2. The average molecular weight is 550 g/mol. The number of imidazole rings is 1. The van der Waals surface area contributed by atoms with Crippen LogP contribution in [0, 0.1) is 0 Å². The van der Waals surface area contributed by atoms with E-state index in [0.717, 1.165) is 28.0 Å². The van der Waals surface area contributed by atoms with Gasteiger partial charge in [0.05, 0.1) is 6.10 Å². The number of pyridine rings is 1.